The van der Waals surface area contributed by atoms with Gasteiger partial charge in [-0.25, -0.2) is 9.37 Å². The topological polar surface area (TPSA) is 83.0 Å². The van der Waals surface area contributed by atoms with E-state index in [1.54, 1.807) is 31.3 Å². The maximum Gasteiger partial charge on any atom is 0.226 e. The average molecular weight is 487 g/mol. The SMILES string of the molecule is Cc1nnc(-c2cc(Cl)ccc2F)cc1Nc1ccnc(NC(=O)CCN2CCSCC2)c1. The van der Waals surface area contributed by atoms with Crippen LogP contribution >= 0.6 is 23.4 Å². The van der Waals surface area contributed by atoms with E-state index in [0.29, 0.717) is 40.0 Å². The molecule has 1 aliphatic rings. The molecular weight excluding hydrogens is 463 g/mol. The monoisotopic (exact) mass is 486 g/mol. The summed E-state index contributed by atoms with van der Waals surface area (Å²) in [6.45, 7) is 4.59. The predicted octanol–water partition coefficient (Wildman–Crippen LogP) is 4.76. The van der Waals surface area contributed by atoms with Gasteiger partial charge in [0.15, 0.2) is 0 Å². The molecule has 0 atom stereocenters. The Labute approximate surface area is 201 Å². The number of nitrogens with one attached hydrogen (secondary N) is 2. The van der Waals surface area contributed by atoms with Crippen LogP contribution in [-0.2, 0) is 4.79 Å². The summed E-state index contributed by atoms with van der Waals surface area (Å²) in [7, 11) is 0. The van der Waals surface area contributed by atoms with Crippen LogP contribution in [0.2, 0.25) is 5.02 Å². The first kappa shape index (κ1) is 23.4. The molecule has 0 saturated carbocycles. The van der Waals surface area contributed by atoms with Crippen molar-refractivity contribution in [2.45, 2.75) is 13.3 Å². The lowest BCUT2D eigenvalue weighted by Gasteiger charge is -2.25. The van der Waals surface area contributed by atoms with E-state index < -0.39 is 5.82 Å². The third-order valence-corrected chi connectivity index (χ3v) is 6.43. The Morgan fingerprint density at radius 2 is 2.00 bits per heavy atom. The third-order valence-electron chi connectivity index (χ3n) is 5.25. The van der Waals surface area contributed by atoms with Crippen LogP contribution in [0.15, 0.2) is 42.6 Å². The second-order valence-corrected chi connectivity index (χ2v) is 9.32. The Morgan fingerprint density at radius 3 is 2.82 bits per heavy atom. The fourth-order valence-corrected chi connectivity index (χ4v) is 4.58. The second-order valence-electron chi connectivity index (χ2n) is 7.66. The number of thioether (sulfide) groups is 1. The van der Waals surface area contributed by atoms with Gasteiger partial charge in [-0.15, -0.1) is 0 Å². The van der Waals surface area contributed by atoms with Gasteiger partial charge in [-0.05, 0) is 37.3 Å². The standard InChI is InChI=1S/C23H24ClFN6OS/c1-15-20(14-21(30-29-15)18-12-16(24)2-3-19(18)25)27-17-4-6-26-22(13-17)28-23(32)5-7-31-8-10-33-11-9-31/h2-4,6,12-14H,5,7-11H2,1H3,(H2,26,27,28,30,32). The highest BCUT2D eigenvalue weighted by Gasteiger charge is 2.14. The molecule has 4 rings (SSSR count). The first-order valence-corrected chi connectivity index (χ1v) is 12.1. The molecule has 1 aliphatic heterocycles. The number of aromatic nitrogens is 3. The Bertz CT molecular complexity index is 1140. The molecule has 1 amide bonds. The van der Waals surface area contributed by atoms with Crippen LogP contribution in [0.25, 0.3) is 11.3 Å². The average Bonchev–Trinajstić information content (AvgIpc) is 2.82. The number of aryl methyl sites for hydroxylation is 1. The number of carbonyl (C=O) groups excluding carboxylic acids is 1. The zero-order valence-corrected chi connectivity index (χ0v) is 19.7. The normalized spacial score (nSPS) is 14.2. The van der Waals surface area contributed by atoms with E-state index in [2.05, 4.69) is 30.7 Å². The zero-order valence-electron chi connectivity index (χ0n) is 18.1. The molecule has 1 saturated heterocycles. The molecule has 0 bridgehead atoms. The number of hydrogen-bond donors (Lipinski definition) is 2. The number of nitrogens with zero attached hydrogens (tertiary/aromatic N) is 4. The van der Waals surface area contributed by atoms with E-state index in [4.69, 9.17) is 11.6 Å². The second kappa shape index (κ2) is 10.9. The summed E-state index contributed by atoms with van der Waals surface area (Å²) < 4.78 is 14.3. The van der Waals surface area contributed by atoms with Gasteiger partial charge in [-0.1, -0.05) is 11.6 Å². The molecule has 2 N–H and O–H groups in total. The maximum atomic E-state index is 14.3. The van der Waals surface area contributed by atoms with Gasteiger partial charge in [-0.2, -0.15) is 22.0 Å². The van der Waals surface area contributed by atoms with E-state index in [1.165, 1.54) is 18.2 Å². The lowest BCUT2D eigenvalue weighted by atomic mass is 10.1. The van der Waals surface area contributed by atoms with E-state index >= 15 is 0 Å². The summed E-state index contributed by atoms with van der Waals surface area (Å²) in [4.78, 5) is 18.9. The minimum absolute atomic E-state index is 0.0710. The third kappa shape index (κ3) is 6.40. The van der Waals surface area contributed by atoms with Crippen LogP contribution in [0.3, 0.4) is 0 Å². The van der Waals surface area contributed by atoms with Crippen molar-refractivity contribution < 1.29 is 9.18 Å². The van der Waals surface area contributed by atoms with Crippen LogP contribution in [0.1, 0.15) is 12.1 Å². The first-order chi connectivity index (χ1) is 16.0. The molecule has 2 aromatic heterocycles. The van der Waals surface area contributed by atoms with Crippen LogP contribution in [-0.4, -0.2) is 57.1 Å². The summed E-state index contributed by atoms with van der Waals surface area (Å²) in [5, 5.41) is 14.8. The molecule has 3 heterocycles. The van der Waals surface area contributed by atoms with Gasteiger partial charge in [0.1, 0.15) is 11.6 Å². The summed E-state index contributed by atoms with van der Waals surface area (Å²) in [5.74, 6) is 2.19. The van der Waals surface area contributed by atoms with E-state index in [-0.39, 0.29) is 11.5 Å². The van der Waals surface area contributed by atoms with Gasteiger partial charge in [0, 0.05) is 66.1 Å². The van der Waals surface area contributed by atoms with Gasteiger partial charge in [0.05, 0.1) is 17.1 Å². The molecule has 172 valence electrons. The summed E-state index contributed by atoms with van der Waals surface area (Å²) >= 11 is 7.96. The molecule has 0 spiro atoms. The summed E-state index contributed by atoms with van der Waals surface area (Å²) in [5.41, 5.74) is 2.64. The highest BCUT2D eigenvalue weighted by molar-refractivity contribution is 7.99. The van der Waals surface area contributed by atoms with Crippen molar-refractivity contribution in [2.75, 3.05) is 41.8 Å². The molecule has 33 heavy (non-hydrogen) atoms. The molecule has 10 heteroatoms. The Kier molecular flexibility index (Phi) is 7.74. The molecule has 0 radical (unpaired) electrons. The van der Waals surface area contributed by atoms with Crippen LogP contribution in [0, 0.1) is 12.7 Å². The number of pyridine rings is 1. The van der Waals surface area contributed by atoms with Gasteiger partial charge in [0.2, 0.25) is 5.91 Å². The van der Waals surface area contributed by atoms with Gasteiger partial charge >= 0.3 is 0 Å². The van der Waals surface area contributed by atoms with Gasteiger partial charge in [-0.3, -0.25) is 4.79 Å². The zero-order chi connectivity index (χ0) is 23.2. The van der Waals surface area contributed by atoms with Crippen molar-refractivity contribution in [1.82, 2.24) is 20.1 Å². The number of carbonyl (C=O) groups is 1. The summed E-state index contributed by atoms with van der Waals surface area (Å²) in [6.07, 6.45) is 2.03. The summed E-state index contributed by atoms with van der Waals surface area (Å²) in [6, 6.07) is 9.54. The molecule has 7 nitrogen and oxygen atoms in total. The lowest BCUT2D eigenvalue weighted by Crippen LogP contribution is -2.35. The van der Waals surface area contributed by atoms with E-state index in [9.17, 15) is 9.18 Å². The maximum absolute atomic E-state index is 14.3. The van der Waals surface area contributed by atoms with Crippen LogP contribution in [0.5, 0.6) is 0 Å². The number of anilines is 3. The molecule has 0 aliphatic carbocycles. The smallest absolute Gasteiger partial charge is 0.226 e. The van der Waals surface area contributed by atoms with Gasteiger partial charge < -0.3 is 15.5 Å². The molecular formula is C23H24ClFN6OS. The molecule has 1 aromatic carbocycles. The predicted molar refractivity (Wildman–Crippen MR) is 132 cm³/mol. The largest absolute Gasteiger partial charge is 0.354 e. The van der Waals surface area contributed by atoms with E-state index in [1.807, 2.05) is 11.8 Å². The first-order valence-electron chi connectivity index (χ1n) is 10.6. The number of benzene rings is 1. The Morgan fingerprint density at radius 1 is 1.18 bits per heavy atom. The number of rotatable bonds is 7. The van der Waals surface area contributed by atoms with Crippen LogP contribution < -0.4 is 10.6 Å². The number of halogens is 2. The quantitative estimate of drug-likeness (QED) is 0.498. The van der Waals surface area contributed by atoms with Crippen molar-refractivity contribution in [2.24, 2.45) is 0 Å². The van der Waals surface area contributed by atoms with Crippen molar-refractivity contribution in [3.63, 3.8) is 0 Å². The highest BCUT2D eigenvalue weighted by atomic mass is 35.5. The number of hydrogen-bond acceptors (Lipinski definition) is 7. The fourth-order valence-electron chi connectivity index (χ4n) is 3.43. The molecule has 3 aromatic rings. The van der Waals surface area contributed by atoms with Crippen molar-refractivity contribution in [3.8, 4) is 11.3 Å². The van der Waals surface area contributed by atoms with Crippen LogP contribution in [0.4, 0.5) is 21.6 Å². The lowest BCUT2D eigenvalue weighted by molar-refractivity contribution is -0.116. The Hall–Kier alpha value is -2.75. The van der Waals surface area contributed by atoms with Crippen molar-refractivity contribution in [3.05, 3.63) is 59.1 Å². The van der Waals surface area contributed by atoms with E-state index in [0.717, 1.165) is 31.1 Å². The van der Waals surface area contributed by atoms with Gasteiger partial charge in [0.25, 0.3) is 0 Å². The molecule has 0 unspecified atom stereocenters. The van der Waals surface area contributed by atoms with Crippen molar-refractivity contribution in [1.29, 1.82) is 0 Å². The fraction of sp³-hybridized carbons (Fsp3) is 0.304. The molecule has 1 fully saturated rings. The highest BCUT2D eigenvalue weighted by Crippen LogP contribution is 2.28. The number of amides is 1. The minimum atomic E-state index is -0.430. The Balaban J connectivity index is 1.43. The van der Waals surface area contributed by atoms with Crippen molar-refractivity contribution >= 4 is 46.5 Å². The minimum Gasteiger partial charge on any atom is -0.354 e.